The molecule has 1 atom stereocenters. The molecule has 3 rings (SSSR count). The standard InChI is InChI=1S/C17H20N4O2S/c1-20(2)11-13-7-5-12(6-8-13)10-19-17(23)21-16(22)14-4-3-9-18-15(14)24-21/h3-9,17,19,23H,10-11H2,1-2H3. The van der Waals surface area contributed by atoms with Crippen LogP contribution in [0.2, 0.25) is 0 Å². The SMILES string of the molecule is CN(C)Cc1ccc(CNC(O)n2sc3ncccc3c2=O)cc1. The van der Waals surface area contributed by atoms with Gasteiger partial charge in [0.15, 0.2) is 6.35 Å². The van der Waals surface area contributed by atoms with Crippen molar-refractivity contribution < 1.29 is 5.11 Å². The third kappa shape index (κ3) is 3.70. The summed E-state index contributed by atoms with van der Waals surface area (Å²) in [6.45, 7) is 1.36. The van der Waals surface area contributed by atoms with Crippen molar-refractivity contribution in [2.24, 2.45) is 0 Å². The number of hydrogen-bond acceptors (Lipinski definition) is 6. The first-order chi connectivity index (χ1) is 11.5. The molecular weight excluding hydrogens is 324 g/mol. The van der Waals surface area contributed by atoms with Gasteiger partial charge in [0, 0.05) is 19.3 Å². The van der Waals surface area contributed by atoms with Crippen molar-refractivity contribution in [3.8, 4) is 0 Å². The van der Waals surface area contributed by atoms with Crippen molar-refractivity contribution in [3.63, 3.8) is 0 Å². The van der Waals surface area contributed by atoms with E-state index in [9.17, 15) is 9.90 Å². The predicted molar refractivity (Wildman–Crippen MR) is 95.8 cm³/mol. The average Bonchev–Trinajstić information content (AvgIpc) is 2.91. The maximum atomic E-state index is 12.3. The van der Waals surface area contributed by atoms with Crippen LogP contribution in [0.15, 0.2) is 47.4 Å². The molecule has 0 bridgehead atoms. The zero-order valence-corrected chi connectivity index (χ0v) is 14.5. The fraction of sp³-hybridized carbons (Fsp3) is 0.294. The summed E-state index contributed by atoms with van der Waals surface area (Å²) in [5.74, 6) is 0. The van der Waals surface area contributed by atoms with Crippen LogP contribution in [0.5, 0.6) is 0 Å². The van der Waals surface area contributed by atoms with Crippen LogP contribution in [0.3, 0.4) is 0 Å². The van der Waals surface area contributed by atoms with E-state index in [4.69, 9.17) is 0 Å². The van der Waals surface area contributed by atoms with E-state index in [1.807, 2.05) is 26.2 Å². The topological polar surface area (TPSA) is 70.4 Å². The van der Waals surface area contributed by atoms with Gasteiger partial charge in [-0.3, -0.25) is 10.1 Å². The normalized spacial score (nSPS) is 12.8. The molecule has 0 aliphatic heterocycles. The maximum Gasteiger partial charge on any atom is 0.273 e. The highest BCUT2D eigenvalue weighted by molar-refractivity contribution is 7.13. The Bertz CT molecular complexity index is 870. The fourth-order valence-corrected chi connectivity index (χ4v) is 3.36. The van der Waals surface area contributed by atoms with Gasteiger partial charge in [0.05, 0.1) is 5.39 Å². The summed E-state index contributed by atoms with van der Waals surface area (Å²) in [7, 11) is 4.06. The summed E-state index contributed by atoms with van der Waals surface area (Å²) < 4.78 is 1.30. The van der Waals surface area contributed by atoms with Gasteiger partial charge in [0.25, 0.3) is 5.56 Å². The van der Waals surface area contributed by atoms with Gasteiger partial charge < -0.3 is 10.0 Å². The Labute approximate surface area is 144 Å². The minimum absolute atomic E-state index is 0.232. The molecule has 2 N–H and O–H groups in total. The molecule has 0 radical (unpaired) electrons. The van der Waals surface area contributed by atoms with Crippen LogP contribution in [0.1, 0.15) is 17.5 Å². The number of pyridine rings is 1. The number of hydrogen-bond donors (Lipinski definition) is 2. The summed E-state index contributed by atoms with van der Waals surface area (Å²) in [6, 6.07) is 11.6. The summed E-state index contributed by atoms with van der Waals surface area (Å²) in [4.78, 5) is 19.1. The van der Waals surface area contributed by atoms with Crippen LogP contribution >= 0.6 is 11.5 Å². The van der Waals surface area contributed by atoms with Crippen molar-refractivity contribution in [1.82, 2.24) is 19.2 Å². The first-order valence-electron chi connectivity index (χ1n) is 7.65. The first kappa shape index (κ1) is 16.8. The molecule has 0 saturated carbocycles. The van der Waals surface area contributed by atoms with Crippen LogP contribution in [-0.4, -0.2) is 33.0 Å². The Hall–Kier alpha value is -2.06. The number of fused-ring (bicyclic) bond motifs is 1. The predicted octanol–water partition coefficient (Wildman–Crippen LogP) is 1.76. The first-order valence-corrected chi connectivity index (χ1v) is 8.42. The maximum absolute atomic E-state index is 12.3. The molecule has 0 spiro atoms. The number of rotatable bonds is 6. The van der Waals surface area contributed by atoms with Crippen LogP contribution in [0.4, 0.5) is 0 Å². The molecule has 2 heterocycles. The molecule has 126 valence electrons. The lowest BCUT2D eigenvalue weighted by atomic mass is 10.1. The second-order valence-corrected chi connectivity index (χ2v) is 6.85. The van der Waals surface area contributed by atoms with E-state index in [0.717, 1.165) is 23.6 Å². The van der Waals surface area contributed by atoms with E-state index in [0.29, 0.717) is 16.8 Å². The van der Waals surface area contributed by atoms with Gasteiger partial charge in [-0.25, -0.2) is 8.94 Å². The minimum atomic E-state index is -1.07. The summed E-state index contributed by atoms with van der Waals surface area (Å²) in [6.07, 6.45) is 0.565. The lowest BCUT2D eigenvalue weighted by Crippen LogP contribution is -2.30. The third-order valence-corrected chi connectivity index (χ3v) is 4.68. The van der Waals surface area contributed by atoms with Crippen LogP contribution in [0.25, 0.3) is 10.2 Å². The lowest BCUT2D eigenvalue weighted by molar-refractivity contribution is 0.0737. The van der Waals surface area contributed by atoms with Crippen LogP contribution in [-0.2, 0) is 13.1 Å². The Kier molecular flexibility index (Phi) is 5.06. The van der Waals surface area contributed by atoms with Gasteiger partial charge in [-0.1, -0.05) is 24.3 Å². The van der Waals surface area contributed by atoms with Gasteiger partial charge >= 0.3 is 0 Å². The fourth-order valence-electron chi connectivity index (χ4n) is 2.46. The highest BCUT2D eigenvalue weighted by Gasteiger charge is 2.14. The van der Waals surface area contributed by atoms with E-state index in [1.165, 1.54) is 9.52 Å². The van der Waals surface area contributed by atoms with E-state index < -0.39 is 6.35 Å². The van der Waals surface area contributed by atoms with E-state index >= 15 is 0 Å². The molecule has 6 nitrogen and oxygen atoms in total. The number of aromatic nitrogens is 2. The molecule has 24 heavy (non-hydrogen) atoms. The number of nitrogens with one attached hydrogen (secondary N) is 1. The molecule has 3 aromatic rings. The Morgan fingerprint density at radius 3 is 2.62 bits per heavy atom. The van der Waals surface area contributed by atoms with Crippen molar-refractivity contribution >= 4 is 21.7 Å². The van der Waals surface area contributed by atoms with Crippen LogP contribution < -0.4 is 10.9 Å². The number of nitrogens with zero attached hydrogens (tertiary/aromatic N) is 3. The lowest BCUT2D eigenvalue weighted by Gasteiger charge is -2.13. The van der Waals surface area contributed by atoms with E-state index in [2.05, 4.69) is 27.3 Å². The van der Waals surface area contributed by atoms with Crippen LogP contribution in [0, 0.1) is 0 Å². The van der Waals surface area contributed by atoms with Crippen molar-refractivity contribution in [1.29, 1.82) is 0 Å². The highest BCUT2D eigenvalue weighted by Crippen LogP contribution is 2.15. The zero-order valence-electron chi connectivity index (χ0n) is 13.6. The number of aliphatic hydroxyl groups is 1. The van der Waals surface area contributed by atoms with Gasteiger partial charge in [-0.2, -0.15) is 0 Å². The van der Waals surface area contributed by atoms with Gasteiger partial charge in [-0.15, -0.1) is 0 Å². The van der Waals surface area contributed by atoms with Gasteiger partial charge in [-0.05, 0) is 48.9 Å². The summed E-state index contributed by atoms with van der Waals surface area (Å²) in [5, 5.41) is 13.8. The molecule has 7 heteroatoms. The number of benzene rings is 1. The summed E-state index contributed by atoms with van der Waals surface area (Å²) in [5.41, 5.74) is 2.05. The highest BCUT2D eigenvalue weighted by atomic mass is 32.1. The Morgan fingerprint density at radius 2 is 1.96 bits per heavy atom. The molecule has 1 aromatic carbocycles. The Balaban J connectivity index is 1.67. The monoisotopic (exact) mass is 344 g/mol. The molecular formula is C17H20N4O2S. The van der Waals surface area contributed by atoms with E-state index in [-0.39, 0.29) is 5.56 Å². The second-order valence-electron chi connectivity index (χ2n) is 5.89. The van der Waals surface area contributed by atoms with Gasteiger partial charge in [0.2, 0.25) is 0 Å². The molecule has 0 fully saturated rings. The minimum Gasteiger partial charge on any atom is -0.360 e. The second kappa shape index (κ2) is 7.23. The molecule has 2 aromatic heterocycles. The smallest absolute Gasteiger partial charge is 0.273 e. The molecule has 0 aliphatic rings. The van der Waals surface area contributed by atoms with Gasteiger partial charge in [0.1, 0.15) is 4.83 Å². The molecule has 0 amide bonds. The van der Waals surface area contributed by atoms with E-state index in [1.54, 1.807) is 18.3 Å². The summed E-state index contributed by atoms with van der Waals surface area (Å²) >= 11 is 1.15. The largest absolute Gasteiger partial charge is 0.360 e. The molecule has 1 unspecified atom stereocenters. The van der Waals surface area contributed by atoms with Crippen molar-refractivity contribution in [2.45, 2.75) is 19.4 Å². The molecule has 0 aliphatic carbocycles. The zero-order chi connectivity index (χ0) is 17.1. The third-order valence-electron chi connectivity index (χ3n) is 3.62. The van der Waals surface area contributed by atoms with Crippen molar-refractivity contribution in [3.05, 3.63) is 64.1 Å². The molecule has 0 saturated heterocycles. The number of aliphatic hydroxyl groups excluding tert-OH is 1. The average molecular weight is 344 g/mol. The Morgan fingerprint density at radius 1 is 1.25 bits per heavy atom. The quantitative estimate of drug-likeness (QED) is 0.667. The van der Waals surface area contributed by atoms with Crippen molar-refractivity contribution in [2.75, 3.05) is 14.1 Å².